The van der Waals surface area contributed by atoms with Crippen LogP contribution in [-0.2, 0) is 4.43 Å². The van der Waals surface area contributed by atoms with E-state index < -0.39 is 8.32 Å². The van der Waals surface area contributed by atoms with Crippen molar-refractivity contribution in [1.82, 2.24) is 9.55 Å². The van der Waals surface area contributed by atoms with E-state index in [1.54, 1.807) is 22.5 Å². The van der Waals surface area contributed by atoms with Gasteiger partial charge in [0, 0.05) is 12.3 Å². The second-order valence-corrected chi connectivity index (χ2v) is 13.4. The van der Waals surface area contributed by atoms with Crippen molar-refractivity contribution >= 4 is 20.1 Å². The van der Waals surface area contributed by atoms with Gasteiger partial charge in [0.1, 0.15) is 5.37 Å². The van der Waals surface area contributed by atoms with E-state index in [2.05, 4.69) is 52.7 Å². The number of nitrogens with one attached hydrogen (secondary N) is 1. The minimum Gasteiger partial charge on any atom is -0.411 e. The van der Waals surface area contributed by atoms with Crippen LogP contribution in [0.2, 0.25) is 18.1 Å². The van der Waals surface area contributed by atoms with Crippen LogP contribution in [0.3, 0.4) is 0 Å². The van der Waals surface area contributed by atoms with E-state index in [4.69, 9.17) is 4.43 Å². The molecule has 0 aromatic carbocycles. The van der Waals surface area contributed by atoms with Crippen LogP contribution in [0.5, 0.6) is 0 Å². The van der Waals surface area contributed by atoms with Crippen molar-refractivity contribution in [2.75, 3.05) is 6.26 Å². The van der Waals surface area contributed by atoms with Crippen LogP contribution >= 0.6 is 11.8 Å². The van der Waals surface area contributed by atoms with E-state index in [1.807, 2.05) is 6.26 Å². The molecule has 1 N–H and O–H groups in total. The summed E-state index contributed by atoms with van der Waals surface area (Å²) in [6.45, 7) is 15.3. The summed E-state index contributed by atoms with van der Waals surface area (Å²) in [4.78, 5) is 25.8. The predicted octanol–water partition coefficient (Wildman–Crippen LogP) is 3.44. The smallest absolute Gasteiger partial charge is 0.329 e. The van der Waals surface area contributed by atoms with Crippen LogP contribution in [0, 0.1) is 5.92 Å². The molecule has 0 amide bonds. The number of thioether (sulfide) groups is 1. The summed E-state index contributed by atoms with van der Waals surface area (Å²) >= 11 is 1.57. The molecule has 1 aromatic rings. The van der Waals surface area contributed by atoms with Gasteiger partial charge in [-0.15, -0.1) is 11.8 Å². The quantitative estimate of drug-likeness (QED) is 0.791. The van der Waals surface area contributed by atoms with Crippen molar-refractivity contribution in [3.63, 3.8) is 0 Å². The fourth-order valence-electron chi connectivity index (χ4n) is 2.07. The average molecular weight is 359 g/mol. The van der Waals surface area contributed by atoms with E-state index in [0.29, 0.717) is 0 Å². The number of rotatable bonds is 6. The van der Waals surface area contributed by atoms with Crippen LogP contribution in [0.1, 0.15) is 40.0 Å². The van der Waals surface area contributed by atoms with Crippen LogP contribution in [-0.4, -0.2) is 30.2 Å². The molecule has 0 unspecified atom stereocenters. The summed E-state index contributed by atoms with van der Waals surface area (Å²) < 4.78 is 8.20. The van der Waals surface area contributed by atoms with Crippen LogP contribution in [0.4, 0.5) is 0 Å². The molecule has 0 aliphatic heterocycles. The molecule has 5 nitrogen and oxygen atoms in total. The lowest BCUT2D eigenvalue weighted by Gasteiger charge is -2.42. The highest BCUT2D eigenvalue weighted by Gasteiger charge is 2.42. The summed E-state index contributed by atoms with van der Waals surface area (Å²) in [6, 6.07) is 1.38. The van der Waals surface area contributed by atoms with Gasteiger partial charge in [-0.2, -0.15) is 0 Å². The summed E-state index contributed by atoms with van der Waals surface area (Å²) in [5, 5.41) is -0.0764. The molecule has 0 radical (unpaired) electrons. The number of hydrogen-bond acceptors (Lipinski definition) is 4. The Morgan fingerprint density at radius 1 is 1.26 bits per heavy atom. The second-order valence-electron chi connectivity index (χ2n) is 7.73. The molecular weight excluding hydrogens is 328 g/mol. The van der Waals surface area contributed by atoms with Gasteiger partial charge in [0.15, 0.2) is 8.32 Å². The summed E-state index contributed by atoms with van der Waals surface area (Å²) in [7, 11) is -1.97. The van der Waals surface area contributed by atoms with Gasteiger partial charge in [-0.25, -0.2) is 4.79 Å². The zero-order chi connectivity index (χ0) is 18.0. The van der Waals surface area contributed by atoms with E-state index in [-0.39, 0.29) is 33.7 Å². The molecule has 0 fully saturated rings. The predicted molar refractivity (Wildman–Crippen MR) is 101 cm³/mol. The minimum atomic E-state index is -1.97. The maximum absolute atomic E-state index is 12.2. The van der Waals surface area contributed by atoms with Gasteiger partial charge in [-0.1, -0.05) is 34.6 Å². The lowest BCUT2D eigenvalue weighted by atomic mass is 10.1. The molecule has 0 spiro atoms. The summed E-state index contributed by atoms with van der Waals surface area (Å²) in [5.41, 5.74) is -0.765. The molecule has 1 aromatic heterocycles. The lowest BCUT2D eigenvalue weighted by Crippen LogP contribution is -2.48. The normalized spacial score (nSPS) is 15.7. The minimum absolute atomic E-state index is 0.0963. The first-order valence-electron chi connectivity index (χ1n) is 7.93. The number of aromatic nitrogens is 2. The molecule has 0 aliphatic carbocycles. The zero-order valence-electron chi connectivity index (χ0n) is 15.5. The average Bonchev–Trinajstić information content (AvgIpc) is 2.38. The van der Waals surface area contributed by atoms with Gasteiger partial charge in [0.05, 0.1) is 6.10 Å². The molecule has 0 saturated heterocycles. The van der Waals surface area contributed by atoms with Crippen LogP contribution in [0.15, 0.2) is 21.9 Å². The van der Waals surface area contributed by atoms with Crippen molar-refractivity contribution in [1.29, 1.82) is 0 Å². The van der Waals surface area contributed by atoms with Gasteiger partial charge < -0.3 is 4.43 Å². The first-order chi connectivity index (χ1) is 10.4. The maximum atomic E-state index is 12.2. The Labute approximate surface area is 144 Å². The SMILES string of the molecule is CS[C@H]([C@@H](O[Si](C)(C)C(C)(C)C)C(C)C)n1ccc(=O)[nH]c1=O. The molecule has 0 saturated carbocycles. The highest BCUT2D eigenvalue weighted by Crippen LogP contribution is 2.41. The van der Waals surface area contributed by atoms with E-state index in [1.165, 1.54) is 6.07 Å². The van der Waals surface area contributed by atoms with Gasteiger partial charge in [0.25, 0.3) is 5.56 Å². The standard InChI is InChI=1S/C16H30N2O3SSi/c1-11(2)13(21-23(7,8)16(3,4)5)14(22-6)18-10-9-12(19)17-15(18)20/h9-11,13-14H,1-8H3,(H,17,19,20)/t13-,14+/m0/s1. The van der Waals surface area contributed by atoms with Gasteiger partial charge >= 0.3 is 5.69 Å². The van der Waals surface area contributed by atoms with E-state index in [0.717, 1.165) is 0 Å². The first kappa shape index (κ1) is 20.3. The Bertz CT molecular complexity index is 631. The highest BCUT2D eigenvalue weighted by molar-refractivity contribution is 7.98. The Morgan fingerprint density at radius 2 is 1.83 bits per heavy atom. The zero-order valence-corrected chi connectivity index (χ0v) is 17.3. The largest absolute Gasteiger partial charge is 0.411 e. The van der Waals surface area contributed by atoms with Gasteiger partial charge in [-0.05, 0) is 30.3 Å². The molecular formula is C16H30N2O3SSi. The van der Waals surface area contributed by atoms with Crippen molar-refractivity contribution in [3.8, 4) is 0 Å². The first-order valence-corrected chi connectivity index (χ1v) is 12.1. The Hall–Kier alpha value is -0.793. The molecule has 0 bridgehead atoms. The van der Waals surface area contributed by atoms with Crippen molar-refractivity contribution in [2.24, 2.45) is 5.92 Å². The van der Waals surface area contributed by atoms with E-state index in [9.17, 15) is 9.59 Å². The molecule has 1 heterocycles. The fraction of sp³-hybridized carbons (Fsp3) is 0.750. The van der Waals surface area contributed by atoms with Crippen molar-refractivity contribution in [3.05, 3.63) is 33.1 Å². The number of aromatic amines is 1. The topological polar surface area (TPSA) is 64.1 Å². The number of H-pyrrole nitrogens is 1. The Balaban J connectivity index is 3.26. The molecule has 23 heavy (non-hydrogen) atoms. The molecule has 132 valence electrons. The maximum Gasteiger partial charge on any atom is 0.329 e. The molecule has 1 rings (SSSR count). The van der Waals surface area contributed by atoms with Gasteiger partial charge in [0.2, 0.25) is 0 Å². The third kappa shape index (κ3) is 4.84. The molecule has 2 atom stereocenters. The monoisotopic (exact) mass is 358 g/mol. The van der Waals surface area contributed by atoms with Crippen LogP contribution in [0.25, 0.3) is 0 Å². The van der Waals surface area contributed by atoms with Crippen LogP contribution < -0.4 is 11.2 Å². The second kappa shape index (κ2) is 7.40. The third-order valence-corrected chi connectivity index (χ3v) is 9.99. The molecule has 7 heteroatoms. The van der Waals surface area contributed by atoms with Gasteiger partial charge in [-0.3, -0.25) is 14.3 Å². The van der Waals surface area contributed by atoms with Crippen molar-refractivity contribution in [2.45, 2.75) is 64.2 Å². The summed E-state index contributed by atoms with van der Waals surface area (Å²) in [6.07, 6.45) is 3.42. The highest BCUT2D eigenvalue weighted by atomic mass is 32.2. The Kier molecular flexibility index (Phi) is 6.52. The summed E-state index contributed by atoms with van der Waals surface area (Å²) in [5.74, 6) is 0.250. The fourth-order valence-corrected chi connectivity index (χ4v) is 4.64. The number of hydrogen-bond donors (Lipinski definition) is 1. The number of nitrogens with zero attached hydrogens (tertiary/aromatic N) is 1. The third-order valence-electron chi connectivity index (χ3n) is 4.54. The van der Waals surface area contributed by atoms with Crippen molar-refractivity contribution < 1.29 is 4.43 Å². The van der Waals surface area contributed by atoms with E-state index >= 15 is 0 Å². The lowest BCUT2D eigenvalue weighted by molar-refractivity contribution is 0.110. The molecule has 0 aliphatic rings. The Morgan fingerprint density at radius 3 is 2.22 bits per heavy atom.